The predicted octanol–water partition coefficient (Wildman–Crippen LogP) is 2.61. The fourth-order valence-electron chi connectivity index (χ4n) is 2.26. The zero-order valence-corrected chi connectivity index (χ0v) is 12.5. The second kappa shape index (κ2) is 7.50. The topological polar surface area (TPSA) is 50.4 Å². The van der Waals surface area contributed by atoms with E-state index in [2.05, 4.69) is 10.6 Å². The first-order valence-corrected chi connectivity index (χ1v) is 7.52. The van der Waals surface area contributed by atoms with Gasteiger partial charge in [0.15, 0.2) is 0 Å². The van der Waals surface area contributed by atoms with Crippen molar-refractivity contribution in [2.24, 2.45) is 0 Å². The highest BCUT2D eigenvalue weighted by Gasteiger charge is 2.19. The molecule has 0 saturated carbocycles. The molecular weight excluding hydrogens is 276 g/mol. The van der Waals surface area contributed by atoms with Gasteiger partial charge in [0.25, 0.3) is 5.91 Å². The maximum atomic E-state index is 12.4. The standard InChI is InChI=1S/C15H21ClN2O2/c1-2-8-20-14-6-5-11(16)9-13(14)15(19)18-12-4-3-7-17-10-12/h5-6,9,12,17H,2-4,7-8,10H2,1H3,(H,18,19)/t12-/m0/s1. The average Bonchev–Trinajstić information content (AvgIpc) is 2.47. The van der Waals surface area contributed by atoms with Crippen molar-refractivity contribution in [3.63, 3.8) is 0 Å². The van der Waals surface area contributed by atoms with Crippen LogP contribution < -0.4 is 15.4 Å². The van der Waals surface area contributed by atoms with Crippen LogP contribution >= 0.6 is 11.6 Å². The number of rotatable bonds is 5. The Labute approximate surface area is 124 Å². The lowest BCUT2D eigenvalue weighted by atomic mass is 10.1. The number of carbonyl (C=O) groups is 1. The Morgan fingerprint density at radius 2 is 2.40 bits per heavy atom. The van der Waals surface area contributed by atoms with E-state index >= 15 is 0 Å². The van der Waals surface area contributed by atoms with Crippen LogP contribution in [0.4, 0.5) is 0 Å². The van der Waals surface area contributed by atoms with Crippen molar-refractivity contribution in [1.29, 1.82) is 0 Å². The monoisotopic (exact) mass is 296 g/mol. The quantitative estimate of drug-likeness (QED) is 0.878. The van der Waals surface area contributed by atoms with E-state index in [-0.39, 0.29) is 11.9 Å². The van der Waals surface area contributed by atoms with Gasteiger partial charge in [-0.2, -0.15) is 0 Å². The molecule has 0 bridgehead atoms. The van der Waals surface area contributed by atoms with Crippen LogP contribution in [0.25, 0.3) is 0 Å². The van der Waals surface area contributed by atoms with Crippen molar-refractivity contribution in [2.45, 2.75) is 32.2 Å². The van der Waals surface area contributed by atoms with Crippen LogP contribution in [0.2, 0.25) is 5.02 Å². The summed E-state index contributed by atoms with van der Waals surface area (Å²) >= 11 is 5.99. The fourth-order valence-corrected chi connectivity index (χ4v) is 2.43. The van der Waals surface area contributed by atoms with E-state index < -0.39 is 0 Å². The van der Waals surface area contributed by atoms with Crippen molar-refractivity contribution in [2.75, 3.05) is 19.7 Å². The summed E-state index contributed by atoms with van der Waals surface area (Å²) in [6, 6.07) is 5.34. The second-order valence-corrected chi connectivity index (χ2v) is 5.44. The van der Waals surface area contributed by atoms with Crippen molar-refractivity contribution in [3.05, 3.63) is 28.8 Å². The number of ether oxygens (including phenoxy) is 1. The van der Waals surface area contributed by atoms with Gasteiger partial charge in [0, 0.05) is 17.6 Å². The first-order chi connectivity index (χ1) is 9.70. The summed E-state index contributed by atoms with van der Waals surface area (Å²) in [7, 11) is 0. The molecule has 1 aliphatic rings. The molecule has 1 fully saturated rings. The number of benzene rings is 1. The molecular formula is C15H21ClN2O2. The van der Waals surface area contributed by atoms with E-state index in [1.165, 1.54) is 0 Å². The molecule has 0 aromatic heterocycles. The van der Waals surface area contributed by atoms with Gasteiger partial charge in [0.05, 0.1) is 12.2 Å². The smallest absolute Gasteiger partial charge is 0.255 e. The Kier molecular flexibility index (Phi) is 5.68. The number of amides is 1. The maximum absolute atomic E-state index is 12.4. The van der Waals surface area contributed by atoms with Gasteiger partial charge in [-0.05, 0) is 44.0 Å². The summed E-state index contributed by atoms with van der Waals surface area (Å²) in [6.07, 6.45) is 2.99. The summed E-state index contributed by atoms with van der Waals surface area (Å²) in [4.78, 5) is 12.4. The number of hydrogen-bond donors (Lipinski definition) is 2. The summed E-state index contributed by atoms with van der Waals surface area (Å²) < 4.78 is 5.62. The molecule has 1 saturated heterocycles. The summed E-state index contributed by atoms with van der Waals surface area (Å²) in [5.41, 5.74) is 0.511. The normalized spacial score (nSPS) is 18.6. The van der Waals surface area contributed by atoms with Gasteiger partial charge in [-0.3, -0.25) is 4.79 Å². The lowest BCUT2D eigenvalue weighted by Crippen LogP contribution is -2.45. The molecule has 1 heterocycles. The zero-order chi connectivity index (χ0) is 14.4. The molecule has 0 aliphatic carbocycles. The Hall–Kier alpha value is -1.26. The molecule has 1 aliphatic heterocycles. The van der Waals surface area contributed by atoms with E-state index in [9.17, 15) is 4.79 Å². The molecule has 110 valence electrons. The van der Waals surface area contributed by atoms with E-state index in [4.69, 9.17) is 16.3 Å². The summed E-state index contributed by atoms with van der Waals surface area (Å²) in [5.74, 6) is 0.477. The molecule has 5 heteroatoms. The van der Waals surface area contributed by atoms with Crippen LogP contribution in [0.15, 0.2) is 18.2 Å². The average molecular weight is 297 g/mol. The molecule has 20 heavy (non-hydrogen) atoms. The highest BCUT2D eigenvalue weighted by Crippen LogP contribution is 2.23. The van der Waals surface area contributed by atoms with E-state index in [0.717, 1.165) is 32.4 Å². The van der Waals surface area contributed by atoms with Crippen LogP contribution in [0.3, 0.4) is 0 Å². The predicted molar refractivity (Wildman–Crippen MR) is 80.6 cm³/mol. The highest BCUT2D eigenvalue weighted by atomic mass is 35.5. The molecule has 0 spiro atoms. The fraction of sp³-hybridized carbons (Fsp3) is 0.533. The van der Waals surface area contributed by atoms with Gasteiger partial charge in [-0.25, -0.2) is 0 Å². The molecule has 0 radical (unpaired) electrons. The Morgan fingerprint density at radius 3 is 3.10 bits per heavy atom. The first kappa shape index (κ1) is 15.1. The minimum absolute atomic E-state index is 0.118. The minimum Gasteiger partial charge on any atom is -0.493 e. The number of halogens is 1. The third-order valence-electron chi connectivity index (χ3n) is 3.28. The van der Waals surface area contributed by atoms with Gasteiger partial charge in [0.1, 0.15) is 5.75 Å². The van der Waals surface area contributed by atoms with Crippen LogP contribution in [0.1, 0.15) is 36.5 Å². The Bertz CT molecular complexity index is 459. The van der Waals surface area contributed by atoms with Crippen molar-refractivity contribution >= 4 is 17.5 Å². The molecule has 2 N–H and O–H groups in total. The Balaban J connectivity index is 2.08. The summed E-state index contributed by atoms with van der Waals surface area (Å²) in [5, 5.41) is 6.86. The van der Waals surface area contributed by atoms with Crippen molar-refractivity contribution < 1.29 is 9.53 Å². The molecule has 2 rings (SSSR count). The molecule has 1 aromatic carbocycles. The largest absolute Gasteiger partial charge is 0.493 e. The lowest BCUT2D eigenvalue weighted by molar-refractivity contribution is 0.0926. The third kappa shape index (κ3) is 4.12. The molecule has 1 amide bonds. The van der Waals surface area contributed by atoms with Crippen molar-refractivity contribution in [3.8, 4) is 5.75 Å². The third-order valence-corrected chi connectivity index (χ3v) is 3.52. The molecule has 1 atom stereocenters. The molecule has 0 unspecified atom stereocenters. The van der Waals surface area contributed by atoms with Crippen molar-refractivity contribution in [1.82, 2.24) is 10.6 Å². The van der Waals surface area contributed by atoms with Gasteiger partial charge in [0.2, 0.25) is 0 Å². The van der Waals surface area contributed by atoms with Gasteiger partial charge in [-0.1, -0.05) is 18.5 Å². The summed E-state index contributed by atoms with van der Waals surface area (Å²) in [6.45, 7) is 4.46. The van der Waals surface area contributed by atoms with E-state index in [1.54, 1.807) is 18.2 Å². The van der Waals surface area contributed by atoms with Crippen LogP contribution in [0.5, 0.6) is 5.75 Å². The second-order valence-electron chi connectivity index (χ2n) is 5.01. The van der Waals surface area contributed by atoms with Gasteiger partial charge < -0.3 is 15.4 Å². The molecule has 4 nitrogen and oxygen atoms in total. The SMILES string of the molecule is CCCOc1ccc(Cl)cc1C(=O)N[C@H]1CCCNC1. The number of nitrogens with one attached hydrogen (secondary N) is 2. The maximum Gasteiger partial charge on any atom is 0.255 e. The number of carbonyl (C=O) groups excluding carboxylic acids is 1. The number of hydrogen-bond acceptors (Lipinski definition) is 3. The minimum atomic E-state index is -0.118. The van der Waals surface area contributed by atoms with Crippen LogP contribution in [-0.4, -0.2) is 31.6 Å². The Morgan fingerprint density at radius 1 is 1.55 bits per heavy atom. The highest BCUT2D eigenvalue weighted by molar-refractivity contribution is 6.31. The van der Waals surface area contributed by atoms with Gasteiger partial charge >= 0.3 is 0 Å². The van der Waals surface area contributed by atoms with Gasteiger partial charge in [-0.15, -0.1) is 0 Å². The van der Waals surface area contributed by atoms with Crippen LogP contribution in [-0.2, 0) is 0 Å². The first-order valence-electron chi connectivity index (χ1n) is 7.14. The van der Waals surface area contributed by atoms with E-state index in [0.29, 0.717) is 22.9 Å². The molecule has 1 aromatic rings. The van der Waals surface area contributed by atoms with Crippen LogP contribution in [0, 0.1) is 0 Å². The lowest BCUT2D eigenvalue weighted by Gasteiger charge is -2.24. The van der Waals surface area contributed by atoms with E-state index in [1.807, 2.05) is 6.92 Å². The number of piperidine rings is 1. The zero-order valence-electron chi connectivity index (χ0n) is 11.7.